The van der Waals surface area contributed by atoms with Crippen LogP contribution in [0.2, 0.25) is 0 Å². The highest BCUT2D eigenvalue weighted by Crippen LogP contribution is 2.39. The van der Waals surface area contributed by atoms with Crippen molar-refractivity contribution in [3.8, 4) is 11.5 Å². The summed E-state index contributed by atoms with van der Waals surface area (Å²) in [5.74, 6) is 0.289. The standard InChI is InChI=1S/C24H26N4O7/c1-24(15-6-8-16(9-7-15)28(32)33)22(30)27(23(31)25-24)14-21(29)26-12-4-5-19(26)18-13-17(34-2)10-11-20(18)35-3/h6-11,13,19H,4-5,12,14H2,1-3H3,(H,25,31). The third-order valence-electron chi connectivity index (χ3n) is 6.59. The highest BCUT2D eigenvalue weighted by molar-refractivity contribution is 6.09. The number of carbonyl (C=O) groups is 3. The second-order valence-corrected chi connectivity index (χ2v) is 8.60. The number of non-ortho nitro benzene ring substituents is 1. The number of nitrogens with zero attached hydrogens (tertiary/aromatic N) is 3. The molecule has 4 amide bonds. The van der Waals surface area contributed by atoms with E-state index < -0.39 is 28.9 Å². The van der Waals surface area contributed by atoms with Gasteiger partial charge in [0.1, 0.15) is 23.6 Å². The van der Waals surface area contributed by atoms with Crippen LogP contribution in [0.25, 0.3) is 0 Å². The fraction of sp³-hybridized carbons (Fsp3) is 0.375. The van der Waals surface area contributed by atoms with Gasteiger partial charge in [-0.15, -0.1) is 0 Å². The second kappa shape index (κ2) is 9.24. The lowest BCUT2D eigenvalue weighted by molar-refractivity contribution is -0.384. The van der Waals surface area contributed by atoms with Gasteiger partial charge in [0.05, 0.1) is 25.2 Å². The molecule has 2 aliphatic heterocycles. The van der Waals surface area contributed by atoms with Gasteiger partial charge in [-0.1, -0.05) is 0 Å². The van der Waals surface area contributed by atoms with Crippen LogP contribution in [0.1, 0.15) is 36.9 Å². The molecule has 2 aromatic carbocycles. The number of nitro groups is 1. The van der Waals surface area contributed by atoms with Gasteiger partial charge in [-0.25, -0.2) is 4.79 Å². The first kappa shape index (κ1) is 24.0. The molecule has 0 aromatic heterocycles. The van der Waals surface area contributed by atoms with Gasteiger partial charge in [0.15, 0.2) is 0 Å². The summed E-state index contributed by atoms with van der Waals surface area (Å²) in [4.78, 5) is 52.2. The molecule has 0 bridgehead atoms. The van der Waals surface area contributed by atoms with Crippen molar-refractivity contribution in [2.45, 2.75) is 31.3 Å². The molecule has 2 unspecified atom stereocenters. The first-order valence-corrected chi connectivity index (χ1v) is 11.1. The smallest absolute Gasteiger partial charge is 0.325 e. The number of urea groups is 1. The first-order chi connectivity index (χ1) is 16.7. The van der Waals surface area contributed by atoms with Crippen molar-refractivity contribution in [3.05, 3.63) is 63.7 Å². The van der Waals surface area contributed by atoms with Crippen LogP contribution in [0.4, 0.5) is 10.5 Å². The Morgan fingerprint density at radius 2 is 1.89 bits per heavy atom. The number of methoxy groups -OCH3 is 2. The zero-order chi connectivity index (χ0) is 25.3. The normalized spacial score (nSPS) is 21.7. The Kier molecular flexibility index (Phi) is 6.33. The lowest BCUT2D eigenvalue weighted by atomic mass is 9.92. The van der Waals surface area contributed by atoms with E-state index in [2.05, 4.69) is 5.32 Å². The van der Waals surface area contributed by atoms with E-state index in [1.807, 2.05) is 6.07 Å². The molecule has 184 valence electrons. The van der Waals surface area contributed by atoms with E-state index in [1.54, 1.807) is 31.3 Å². The van der Waals surface area contributed by atoms with Crippen molar-refractivity contribution in [3.63, 3.8) is 0 Å². The lowest BCUT2D eigenvalue weighted by Crippen LogP contribution is -2.44. The van der Waals surface area contributed by atoms with Gasteiger partial charge in [-0.2, -0.15) is 0 Å². The minimum absolute atomic E-state index is 0.130. The third kappa shape index (κ3) is 4.25. The van der Waals surface area contributed by atoms with Gasteiger partial charge < -0.3 is 19.7 Å². The Bertz CT molecular complexity index is 1180. The van der Waals surface area contributed by atoms with Crippen molar-refractivity contribution >= 4 is 23.5 Å². The summed E-state index contributed by atoms with van der Waals surface area (Å²) in [5.41, 5.74) is -0.385. The van der Waals surface area contributed by atoms with Crippen molar-refractivity contribution in [1.29, 1.82) is 0 Å². The number of ether oxygens (including phenoxy) is 2. The maximum absolute atomic E-state index is 13.3. The maximum atomic E-state index is 13.3. The van der Waals surface area contributed by atoms with E-state index in [-0.39, 0.29) is 17.6 Å². The Morgan fingerprint density at radius 1 is 1.17 bits per heavy atom. The molecule has 2 aromatic rings. The minimum Gasteiger partial charge on any atom is -0.497 e. The zero-order valence-electron chi connectivity index (χ0n) is 19.6. The molecular formula is C24H26N4O7. The zero-order valence-corrected chi connectivity index (χ0v) is 19.6. The fourth-order valence-electron chi connectivity index (χ4n) is 4.67. The summed E-state index contributed by atoms with van der Waals surface area (Å²) < 4.78 is 10.8. The number of hydrogen-bond donors (Lipinski definition) is 1. The summed E-state index contributed by atoms with van der Waals surface area (Å²) in [6.45, 7) is 1.57. The number of rotatable bonds is 7. The van der Waals surface area contributed by atoms with Gasteiger partial charge in [0.25, 0.3) is 11.6 Å². The molecule has 0 saturated carbocycles. The van der Waals surface area contributed by atoms with Crippen LogP contribution in [0.5, 0.6) is 11.5 Å². The van der Waals surface area contributed by atoms with Crippen LogP contribution in [0.15, 0.2) is 42.5 Å². The molecule has 35 heavy (non-hydrogen) atoms. The summed E-state index contributed by atoms with van der Waals surface area (Å²) in [7, 11) is 3.11. The summed E-state index contributed by atoms with van der Waals surface area (Å²) in [5, 5.41) is 13.6. The predicted molar refractivity (Wildman–Crippen MR) is 124 cm³/mol. The maximum Gasteiger partial charge on any atom is 0.325 e. The van der Waals surface area contributed by atoms with Gasteiger partial charge in [0, 0.05) is 24.2 Å². The van der Waals surface area contributed by atoms with E-state index >= 15 is 0 Å². The Balaban J connectivity index is 1.54. The number of nitrogens with one attached hydrogen (secondary N) is 1. The number of carbonyl (C=O) groups excluding carboxylic acids is 3. The van der Waals surface area contributed by atoms with Gasteiger partial charge in [-0.05, 0) is 55.7 Å². The largest absolute Gasteiger partial charge is 0.497 e. The number of amides is 4. The highest BCUT2D eigenvalue weighted by Gasteiger charge is 2.50. The summed E-state index contributed by atoms with van der Waals surface area (Å²) >= 11 is 0. The molecular weight excluding hydrogens is 456 g/mol. The molecule has 0 radical (unpaired) electrons. The van der Waals surface area contributed by atoms with E-state index in [9.17, 15) is 24.5 Å². The summed E-state index contributed by atoms with van der Waals surface area (Å²) in [6.07, 6.45) is 1.47. The molecule has 0 aliphatic carbocycles. The molecule has 2 fully saturated rings. The topological polar surface area (TPSA) is 131 Å². The van der Waals surface area contributed by atoms with Crippen LogP contribution in [-0.4, -0.2) is 59.9 Å². The van der Waals surface area contributed by atoms with Crippen LogP contribution in [0, 0.1) is 10.1 Å². The van der Waals surface area contributed by atoms with Crippen LogP contribution in [0.3, 0.4) is 0 Å². The van der Waals surface area contributed by atoms with E-state index in [1.165, 1.54) is 31.2 Å². The molecule has 2 aliphatic rings. The van der Waals surface area contributed by atoms with Crippen molar-refractivity contribution in [2.75, 3.05) is 27.3 Å². The molecule has 2 saturated heterocycles. The van der Waals surface area contributed by atoms with Crippen molar-refractivity contribution < 1.29 is 28.8 Å². The Hall–Kier alpha value is -4.15. The molecule has 1 N–H and O–H groups in total. The van der Waals surface area contributed by atoms with Crippen LogP contribution < -0.4 is 14.8 Å². The number of benzene rings is 2. The number of likely N-dealkylation sites (tertiary alicyclic amines) is 1. The van der Waals surface area contributed by atoms with Crippen molar-refractivity contribution in [2.24, 2.45) is 0 Å². The highest BCUT2D eigenvalue weighted by atomic mass is 16.6. The van der Waals surface area contributed by atoms with E-state index in [0.717, 1.165) is 16.9 Å². The third-order valence-corrected chi connectivity index (χ3v) is 6.59. The SMILES string of the molecule is COc1ccc(OC)c(C2CCCN2C(=O)CN2C(=O)NC(C)(c3ccc([N+](=O)[O-])cc3)C2=O)c1. The molecule has 2 atom stereocenters. The Morgan fingerprint density at radius 3 is 2.51 bits per heavy atom. The van der Waals surface area contributed by atoms with Crippen LogP contribution in [-0.2, 0) is 15.1 Å². The summed E-state index contributed by atoms with van der Waals surface area (Å²) in [6, 6.07) is 9.79. The molecule has 4 rings (SSSR count). The monoisotopic (exact) mass is 482 g/mol. The van der Waals surface area contributed by atoms with Gasteiger partial charge in [0.2, 0.25) is 5.91 Å². The molecule has 0 spiro atoms. The van der Waals surface area contributed by atoms with E-state index in [0.29, 0.717) is 30.0 Å². The second-order valence-electron chi connectivity index (χ2n) is 8.60. The van der Waals surface area contributed by atoms with Gasteiger partial charge in [-0.3, -0.25) is 24.6 Å². The predicted octanol–water partition coefficient (Wildman–Crippen LogP) is 2.74. The lowest BCUT2D eigenvalue weighted by Gasteiger charge is -2.28. The van der Waals surface area contributed by atoms with Crippen LogP contribution >= 0.6 is 0 Å². The van der Waals surface area contributed by atoms with Crippen molar-refractivity contribution in [1.82, 2.24) is 15.1 Å². The number of hydrogen-bond acceptors (Lipinski definition) is 7. The quantitative estimate of drug-likeness (QED) is 0.365. The molecule has 2 heterocycles. The number of imide groups is 1. The van der Waals surface area contributed by atoms with Gasteiger partial charge >= 0.3 is 6.03 Å². The molecule has 11 heteroatoms. The fourth-order valence-corrected chi connectivity index (χ4v) is 4.67. The minimum atomic E-state index is -1.44. The first-order valence-electron chi connectivity index (χ1n) is 11.1. The number of nitro benzene ring substituents is 1. The average molecular weight is 482 g/mol. The Labute approximate surface area is 201 Å². The molecule has 11 nitrogen and oxygen atoms in total. The van der Waals surface area contributed by atoms with E-state index in [4.69, 9.17) is 9.47 Å². The average Bonchev–Trinajstić information content (AvgIpc) is 3.43.